The zero-order valence-corrected chi connectivity index (χ0v) is 19.7. The summed E-state index contributed by atoms with van der Waals surface area (Å²) >= 11 is 12.3. The summed E-state index contributed by atoms with van der Waals surface area (Å²) in [7, 11) is 0. The molecule has 10 heteroatoms. The number of nitrogens with two attached hydrogens (primary N) is 1. The highest BCUT2D eigenvalue weighted by Gasteiger charge is 2.51. The molecule has 1 saturated carbocycles. The number of rotatable bonds is 6. The van der Waals surface area contributed by atoms with E-state index in [0.29, 0.717) is 26.5 Å². The van der Waals surface area contributed by atoms with E-state index < -0.39 is 11.9 Å². The summed E-state index contributed by atoms with van der Waals surface area (Å²) in [5.41, 5.74) is 6.96. The maximum Gasteiger partial charge on any atom is 0.269 e. The van der Waals surface area contributed by atoms with Crippen LogP contribution in [0.15, 0.2) is 42.5 Å². The van der Waals surface area contributed by atoms with Crippen molar-refractivity contribution in [3.8, 4) is 0 Å². The van der Waals surface area contributed by atoms with Gasteiger partial charge in [0.25, 0.3) is 5.91 Å². The highest BCUT2D eigenvalue weighted by molar-refractivity contribution is 6.42. The molecule has 3 amide bonds. The number of nitrogens with one attached hydrogen (secondary N) is 1. The molecule has 2 aromatic carbocycles. The highest BCUT2D eigenvalue weighted by atomic mass is 35.5. The van der Waals surface area contributed by atoms with Gasteiger partial charge in [-0.15, -0.1) is 0 Å². The molecule has 2 fully saturated rings. The normalized spacial score (nSPS) is 21.2. The van der Waals surface area contributed by atoms with Gasteiger partial charge in [-0.2, -0.15) is 5.10 Å². The van der Waals surface area contributed by atoms with Crippen molar-refractivity contribution in [2.45, 2.75) is 44.4 Å². The van der Waals surface area contributed by atoms with Crippen LogP contribution in [-0.2, 0) is 22.7 Å². The average Bonchev–Trinajstić information content (AvgIpc) is 3.53. The Balaban J connectivity index is 1.36. The lowest BCUT2D eigenvalue weighted by molar-refractivity contribution is -0.143. The summed E-state index contributed by atoms with van der Waals surface area (Å²) < 4.78 is 1.49. The van der Waals surface area contributed by atoms with E-state index in [1.807, 2.05) is 6.07 Å². The Kier molecular flexibility index (Phi) is 5.95. The third-order valence-corrected chi connectivity index (χ3v) is 7.66. The van der Waals surface area contributed by atoms with E-state index in [0.717, 1.165) is 19.3 Å². The molecule has 3 N–H and O–H groups in total. The first-order chi connectivity index (χ1) is 16.3. The van der Waals surface area contributed by atoms with Crippen molar-refractivity contribution >= 4 is 51.8 Å². The first kappa shape index (κ1) is 22.7. The molecule has 2 aliphatic rings. The van der Waals surface area contributed by atoms with E-state index in [1.165, 1.54) is 4.68 Å². The van der Waals surface area contributed by atoms with E-state index in [1.54, 1.807) is 41.3 Å². The van der Waals surface area contributed by atoms with E-state index in [-0.39, 0.29) is 42.6 Å². The fourth-order valence-corrected chi connectivity index (χ4v) is 5.68. The number of carbonyl (C=O) groups is 3. The lowest BCUT2D eigenvalue weighted by atomic mass is 9.97. The van der Waals surface area contributed by atoms with Gasteiger partial charge in [0.1, 0.15) is 12.6 Å². The first-order valence-corrected chi connectivity index (χ1v) is 11.9. The Bertz CT molecular complexity index is 1310. The molecule has 3 atom stereocenters. The topological polar surface area (TPSA) is 110 Å². The molecular weight excluding hydrogens is 477 g/mol. The maximum atomic E-state index is 13.4. The van der Waals surface area contributed by atoms with E-state index in [2.05, 4.69) is 10.4 Å². The third kappa shape index (κ3) is 3.91. The van der Waals surface area contributed by atoms with Crippen molar-refractivity contribution in [1.82, 2.24) is 20.0 Å². The quantitative estimate of drug-likeness (QED) is 0.542. The number of carbonyl (C=O) groups excluding carboxylic acids is 3. The number of aromatic nitrogens is 2. The van der Waals surface area contributed by atoms with Crippen LogP contribution in [0.3, 0.4) is 0 Å². The van der Waals surface area contributed by atoms with Gasteiger partial charge in [-0.1, -0.05) is 53.5 Å². The minimum atomic E-state index is -0.653. The van der Waals surface area contributed by atoms with Crippen molar-refractivity contribution in [3.63, 3.8) is 0 Å². The molecule has 1 aliphatic heterocycles. The zero-order chi connectivity index (χ0) is 24.0. The smallest absolute Gasteiger partial charge is 0.269 e. The van der Waals surface area contributed by atoms with Gasteiger partial charge in [0.05, 0.1) is 15.6 Å². The molecule has 2 heterocycles. The molecule has 5 rings (SSSR count). The van der Waals surface area contributed by atoms with Crippen molar-refractivity contribution in [1.29, 1.82) is 0 Å². The molecule has 34 heavy (non-hydrogen) atoms. The van der Waals surface area contributed by atoms with Gasteiger partial charge < -0.3 is 16.0 Å². The largest absolute Gasteiger partial charge is 0.364 e. The number of amides is 3. The predicted octanol–water partition coefficient (Wildman–Crippen LogP) is 3.14. The Morgan fingerprint density at radius 3 is 2.68 bits per heavy atom. The van der Waals surface area contributed by atoms with Crippen LogP contribution >= 0.6 is 23.2 Å². The Morgan fingerprint density at radius 1 is 1.09 bits per heavy atom. The SMILES string of the molecule is NC(=O)c1nn(CC(=O)N2[C@@H]3CCC(C3)[C@H]2C(=O)NCc2cccc(Cl)c2Cl)c2ccccc12. The lowest BCUT2D eigenvalue weighted by Gasteiger charge is -2.34. The summed E-state index contributed by atoms with van der Waals surface area (Å²) in [4.78, 5) is 40.2. The summed E-state index contributed by atoms with van der Waals surface area (Å²) in [6.07, 6.45) is 2.57. The van der Waals surface area contributed by atoms with Crippen LogP contribution in [0.4, 0.5) is 0 Å². The van der Waals surface area contributed by atoms with Crippen molar-refractivity contribution in [2.24, 2.45) is 11.7 Å². The van der Waals surface area contributed by atoms with E-state index in [4.69, 9.17) is 28.9 Å². The van der Waals surface area contributed by atoms with Crippen molar-refractivity contribution in [2.75, 3.05) is 0 Å². The number of benzene rings is 2. The second-order valence-electron chi connectivity index (χ2n) is 8.79. The Morgan fingerprint density at radius 2 is 1.88 bits per heavy atom. The second-order valence-corrected chi connectivity index (χ2v) is 9.58. The molecule has 1 aromatic heterocycles. The zero-order valence-electron chi connectivity index (χ0n) is 18.2. The third-order valence-electron chi connectivity index (χ3n) is 6.80. The maximum absolute atomic E-state index is 13.4. The molecule has 8 nitrogen and oxygen atoms in total. The summed E-state index contributed by atoms with van der Waals surface area (Å²) in [6.45, 7) is 0.140. The number of halogens is 2. The standard InChI is InChI=1S/C24H23Cl2N5O3/c25-17-6-3-4-14(20(17)26)11-28-24(34)22-13-8-9-15(10-13)31(22)19(32)12-30-18-7-2-1-5-16(18)21(29-30)23(27)33/h1-7,13,15,22H,8-12H2,(H2,27,33)(H,28,34)/t13?,15-,22+/m1/s1. The van der Waals surface area contributed by atoms with Crippen molar-refractivity contribution in [3.05, 3.63) is 63.8 Å². The van der Waals surface area contributed by atoms with Crippen LogP contribution in [0.25, 0.3) is 10.9 Å². The molecule has 3 aromatic rings. The molecule has 176 valence electrons. The van der Waals surface area contributed by atoms with Crippen LogP contribution in [0, 0.1) is 5.92 Å². The minimum Gasteiger partial charge on any atom is -0.364 e. The van der Waals surface area contributed by atoms with Gasteiger partial charge in [-0.25, -0.2) is 0 Å². The number of hydrogen-bond donors (Lipinski definition) is 2. The minimum absolute atomic E-state index is 0.0143. The van der Waals surface area contributed by atoms with E-state index >= 15 is 0 Å². The first-order valence-electron chi connectivity index (χ1n) is 11.1. The molecular formula is C24H23Cl2N5O3. The fraction of sp³-hybridized carbons (Fsp3) is 0.333. The van der Waals surface area contributed by atoms with Crippen LogP contribution in [0.1, 0.15) is 35.3 Å². The van der Waals surface area contributed by atoms with Gasteiger partial charge >= 0.3 is 0 Å². The molecule has 1 saturated heterocycles. The van der Waals surface area contributed by atoms with Crippen molar-refractivity contribution < 1.29 is 14.4 Å². The van der Waals surface area contributed by atoms with Crippen LogP contribution in [0.2, 0.25) is 10.0 Å². The number of fused-ring (bicyclic) bond motifs is 3. The lowest BCUT2D eigenvalue weighted by Crippen LogP contribution is -2.53. The molecule has 1 aliphatic carbocycles. The summed E-state index contributed by atoms with van der Waals surface area (Å²) in [5.74, 6) is -0.962. The fourth-order valence-electron chi connectivity index (χ4n) is 5.30. The van der Waals surface area contributed by atoms with Gasteiger partial charge in [-0.05, 0) is 42.9 Å². The average molecular weight is 500 g/mol. The van der Waals surface area contributed by atoms with E-state index in [9.17, 15) is 14.4 Å². The number of piperidine rings is 1. The van der Waals surface area contributed by atoms with Gasteiger partial charge in [0.15, 0.2) is 5.69 Å². The number of likely N-dealkylation sites (tertiary alicyclic amines) is 1. The van der Waals surface area contributed by atoms with Gasteiger partial charge in [0.2, 0.25) is 11.8 Å². The molecule has 0 radical (unpaired) electrons. The Hall–Kier alpha value is -3.10. The molecule has 2 bridgehead atoms. The van der Waals surface area contributed by atoms with Gasteiger partial charge in [0, 0.05) is 18.0 Å². The molecule has 1 unspecified atom stereocenters. The second kappa shape index (κ2) is 8.92. The van der Waals surface area contributed by atoms with Crippen LogP contribution in [-0.4, -0.2) is 44.5 Å². The van der Waals surface area contributed by atoms with Crippen LogP contribution in [0.5, 0.6) is 0 Å². The van der Waals surface area contributed by atoms with Gasteiger partial charge in [-0.3, -0.25) is 19.1 Å². The number of hydrogen-bond acceptors (Lipinski definition) is 4. The predicted molar refractivity (Wildman–Crippen MR) is 128 cm³/mol. The number of primary amides is 1. The highest BCUT2D eigenvalue weighted by Crippen LogP contribution is 2.42. The summed E-state index contributed by atoms with van der Waals surface area (Å²) in [6, 6.07) is 11.9. The van der Waals surface area contributed by atoms with Crippen LogP contribution < -0.4 is 11.1 Å². The summed E-state index contributed by atoms with van der Waals surface area (Å²) in [5, 5.41) is 8.65. The monoisotopic (exact) mass is 499 g/mol. The number of nitrogens with zero attached hydrogens (tertiary/aromatic N) is 3. The molecule has 0 spiro atoms. The number of para-hydroxylation sites is 1. The Labute approximate surface area is 206 Å².